The molecular formula is C23H20F3N3O2. The third kappa shape index (κ3) is 4.10. The Morgan fingerprint density at radius 2 is 2.00 bits per heavy atom. The Balaban J connectivity index is 1.74. The molecule has 1 aliphatic carbocycles. The Kier molecular flexibility index (Phi) is 5.39. The van der Waals surface area contributed by atoms with Crippen LogP contribution in [0.25, 0.3) is 0 Å². The molecule has 1 aromatic heterocycles. The minimum absolute atomic E-state index is 0.0276. The maximum atomic E-state index is 13.3. The van der Waals surface area contributed by atoms with Crippen LogP contribution in [0.15, 0.2) is 71.3 Å². The predicted molar refractivity (Wildman–Crippen MR) is 109 cm³/mol. The summed E-state index contributed by atoms with van der Waals surface area (Å²) in [6.45, 7) is 1.73. The number of Topliss-reactive ketones (excluding diaryl/α,β-unsaturated/α-hetero) is 1. The van der Waals surface area contributed by atoms with Crippen molar-refractivity contribution in [3.8, 4) is 0 Å². The van der Waals surface area contributed by atoms with Crippen LogP contribution in [0.1, 0.15) is 43.2 Å². The van der Waals surface area contributed by atoms with Gasteiger partial charge in [0.25, 0.3) is 5.91 Å². The van der Waals surface area contributed by atoms with E-state index in [2.05, 4.69) is 15.6 Å². The van der Waals surface area contributed by atoms with Crippen LogP contribution < -0.4 is 10.6 Å². The van der Waals surface area contributed by atoms with Crippen LogP contribution in [-0.2, 0) is 15.8 Å². The highest BCUT2D eigenvalue weighted by atomic mass is 19.4. The van der Waals surface area contributed by atoms with Gasteiger partial charge in [-0.15, -0.1) is 0 Å². The fourth-order valence-electron chi connectivity index (χ4n) is 4.14. The minimum Gasteiger partial charge on any atom is -0.362 e. The fourth-order valence-corrected chi connectivity index (χ4v) is 4.14. The first-order chi connectivity index (χ1) is 14.8. The zero-order chi connectivity index (χ0) is 22.2. The average Bonchev–Trinajstić information content (AvgIpc) is 2.73. The largest absolute Gasteiger partial charge is 0.416 e. The summed E-state index contributed by atoms with van der Waals surface area (Å²) >= 11 is 0. The number of ketones is 1. The smallest absolute Gasteiger partial charge is 0.362 e. The van der Waals surface area contributed by atoms with Crippen molar-refractivity contribution in [3.05, 3.63) is 82.5 Å². The molecule has 0 fully saturated rings. The second-order valence-corrected chi connectivity index (χ2v) is 7.58. The summed E-state index contributed by atoms with van der Waals surface area (Å²) in [5.41, 5.74) is 2.03. The summed E-state index contributed by atoms with van der Waals surface area (Å²) in [5, 5.41) is 5.75. The minimum atomic E-state index is -4.52. The van der Waals surface area contributed by atoms with Crippen molar-refractivity contribution in [2.24, 2.45) is 0 Å². The fraction of sp³-hybridized carbons (Fsp3) is 0.261. The van der Waals surface area contributed by atoms with Crippen molar-refractivity contribution in [1.82, 2.24) is 10.3 Å². The molecule has 31 heavy (non-hydrogen) atoms. The number of nitrogens with zero attached hydrogens (tertiary/aromatic N) is 1. The topological polar surface area (TPSA) is 71.1 Å². The van der Waals surface area contributed by atoms with Gasteiger partial charge in [0.1, 0.15) is 0 Å². The van der Waals surface area contributed by atoms with Crippen molar-refractivity contribution in [3.63, 3.8) is 0 Å². The van der Waals surface area contributed by atoms with Gasteiger partial charge in [0.05, 0.1) is 5.56 Å². The summed E-state index contributed by atoms with van der Waals surface area (Å²) in [6, 6.07) is 7.98. The van der Waals surface area contributed by atoms with Gasteiger partial charge < -0.3 is 10.6 Å². The van der Waals surface area contributed by atoms with Crippen LogP contribution in [0, 0.1) is 0 Å². The number of anilines is 1. The number of amides is 1. The van der Waals surface area contributed by atoms with Gasteiger partial charge >= 0.3 is 6.18 Å². The van der Waals surface area contributed by atoms with Crippen molar-refractivity contribution in [2.45, 2.75) is 38.3 Å². The zero-order valence-corrected chi connectivity index (χ0v) is 16.7. The first-order valence-corrected chi connectivity index (χ1v) is 9.88. The third-order valence-electron chi connectivity index (χ3n) is 5.49. The van der Waals surface area contributed by atoms with E-state index in [4.69, 9.17) is 0 Å². The summed E-state index contributed by atoms with van der Waals surface area (Å²) in [5.74, 6) is -1.24. The van der Waals surface area contributed by atoms with E-state index < -0.39 is 23.6 Å². The highest BCUT2D eigenvalue weighted by molar-refractivity contribution is 6.09. The molecule has 0 bridgehead atoms. The molecule has 0 radical (unpaired) electrons. The normalized spacial score (nSPS) is 19.1. The van der Waals surface area contributed by atoms with Crippen LogP contribution in [0.5, 0.6) is 0 Å². The Hall–Kier alpha value is -3.42. The summed E-state index contributed by atoms with van der Waals surface area (Å²) in [6.07, 6.45) is 0.490. The number of carbonyl (C=O) groups is 2. The quantitative estimate of drug-likeness (QED) is 0.745. The molecule has 5 nitrogen and oxygen atoms in total. The maximum Gasteiger partial charge on any atom is 0.416 e. The molecule has 1 aromatic carbocycles. The molecule has 0 unspecified atom stereocenters. The number of carbonyl (C=O) groups excluding carboxylic acids is 2. The molecule has 160 valence electrons. The van der Waals surface area contributed by atoms with Crippen molar-refractivity contribution in [1.29, 1.82) is 0 Å². The van der Waals surface area contributed by atoms with E-state index in [0.29, 0.717) is 35.2 Å². The van der Waals surface area contributed by atoms with E-state index in [1.165, 1.54) is 12.1 Å². The lowest BCUT2D eigenvalue weighted by atomic mass is 9.75. The van der Waals surface area contributed by atoms with Gasteiger partial charge in [-0.2, -0.15) is 13.2 Å². The van der Waals surface area contributed by atoms with E-state index in [0.717, 1.165) is 24.3 Å². The number of alkyl halides is 3. The molecular weight excluding hydrogens is 407 g/mol. The Bertz CT molecular complexity index is 1100. The molecule has 1 atom stereocenters. The van der Waals surface area contributed by atoms with E-state index in [1.807, 2.05) is 0 Å². The number of nitrogens with one attached hydrogen (secondary N) is 2. The number of dihydropyridines is 1. The first kappa shape index (κ1) is 20.8. The lowest BCUT2D eigenvalue weighted by molar-refractivity contribution is -0.137. The van der Waals surface area contributed by atoms with Crippen molar-refractivity contribution in [2.75, 3.05) is 5.32 Å². The molecule has 2 aliphatic rings. The van der Waals surface area contributed by atoms with Crippen LogP contribution in [-0.4, -0.2) is 16.7 Å². The molecule has 0 saturated carbocycles. The predicted octanol–water partition coefficient (Wildman–Crippen LogP) is 4.71. The van der Waals surface area contributed by atoms with Gasteiger partial charge in [-0.1, -0.05) is 12.1 Å². The SMILES string of the molecule is CC1=C(C(=O)Nc2cccc(C(F)(F)F)c2)[C@@H](c2cccnc2)C2=C(CCCC2=O)N1. The van der Waals surface area contributed by atoms with Crippen LogP contribution in [0.3, 0.4) is 0 Å². The van der Waals surface area contributed by atoms with Crippen LogP contribution in [0.4, 0.5) is 18.9 Å². The van der Waals surface area contributed by atoms with Gasteiger partial charge in [-0.3, -0.25) is 14.6 Å². The lowest BCUT2D eigenvalue weighted by Gasteiger charge is -2.34. The van der Waals surface area contributed by atoms with Gasteiger partial charge in [-0.05, 0) is 49.6 Å². The molecule has 1 aliphatic heterocycles. The van der Waals surface area contributed by atoms with Crippen molar-refractivity contribution < 1.29 is 22.8 Å². The van der Waals surface area contributed by atoms with Crippen LogP contribution in [0.2, 0.25) is 0 Å². The van der Waals surface area contributed by atoms with Gasteiger partial charge in [0.2, 0.25) is 0 Å². The summed E-state index contributed by atoms with van der Waals surface area (Å²) < 4.78 is 39.2. The Morgan fingerprint density at radius 3 is 2.71 bits per heavy atom. The van der Waals surface area contributed by atoms with Crippen molar-refractivity contribution >= 4 is 17.4 Å². The Labute approximate surface area is 177 Å². The van der Waals surface area contributed by atoms with E-state index in [-0.39, 0.29) is 11.5 Å². The van der Waals surface area contributed by atoms with E-state index in [9.17, 15) is 22.8 Å². The standard InChI is InChI=1S/C23H20F3N3O2/c1-13-19(22(31)29-16-7-2-6-15(11-16)23(24,25)26)20(14-5-4-10-27-12-14)21-17(28-13)8-3-9-18(21)30/h2,4-7,10-12,20,28H,3,8-9H2,1H3,(H,29,31)/t20-/m1/s1. The number of allylic oxidation sites excluding steroid dienone is 3. The number of benzene rings is 1. The highest BCUT2D eigenvalue weighted by Crippen LogP contribution is 2.42. The zero-order valence-electron chi connectivity index (χ0n) is 16.7. The van der Waals surface area contributed by atoms with Gasteiger partial charge in [0.15, 0.2) is 5.78 Å². The first-order valence-electron chi connectivity index (χ1n) is 9.88. The number of aromatic nitrogens is 1. The average molecular weight is 427 g/mol. The van der Waals surface area contributed by atoms with Gasteiger partial charge in [-0.25, -0.2) is 0 Å². The second-order valence-electron chi connectivity index (χ2n) is 7.58. The van der Waals surface area contributed by atoms with Crippen LogP contribution >= 0.6 is 0 Å². The second kappa shape index (κ2) is 8.02. The molecule has 2 heterocycles. The number of hydrogen-bond donors (Lipinski definition) is 2. The highest BCUT2D eigenvalue weighted by Gasteiger charge is 2.38. The molecule has 0 saturated heterocycles. The van der Waals surface area contributed by atoms with E-state index in [1.54, 1.807) is 31.5 Å². The maximum absolute atomic E-state index is 13.3. The molecule has 1 amide bonds. The molecule has 8 heteroatoms. The number of rotatable bonds is 3. The number of pyridine rings is 1. The molecule has 2 N–H and O–H groups in total. The lowest BCUT2D eigenvalue weighted by Crippen LogP contribution is -2.35. The molecule has 2 aromatic rings. The summed E-state index contributed by atoms with van der Waals surface area (Å²) in [7, 11) is 0. The number of halogens is 3. The van der Waals surface area contributed by atoms with E-state index >= 15 is 0 Å². The number of hydrogen-bond acceptors (Lipinski definition) is 4. The molecule has 0 spiro atoms. The Morgan fingerprint density at radius 1 is 1.19 bits per heavy atom. The third-order valence-corrected chi connectivity index (χ3v) is 5.49. The monoisotopic (exact) mass is 427 g/mol. The van der Waals surface area contributed by atoms with Gasteiger partial charge in [0, 0.05) is 53.0 Å². The summed E-state index contributed by atoms with van der Waals surface area (Å²) in [4.78, 5) is 30.2. The molecule has 4 rings (SSSR count).